The average molecular weight is 261 g/mol. The summed E-state index contributed by atoms with van der Waals surface area (Å²) in [6.45, 7) is 0. The molecule has 0 saturated heterocycles. The first-order chi connectivity index (χ1) is 9.19. The lowest BCUT2D eigenvalue weighted by molar-refractivity contribution is -0.137. The molecule has 2 rings (SSSR count). The summed E-state index contributed by atoms with van der Waals surface area (Å²) in [5, 5.41) is 12.2. The number of anilines is 1. The van der Waals surface area contributed by atoms with Crippen LogP contribution in [0.15, 0.2) is 36.8 Å². The highest BCUT2D eigenvalue weighted by Crippen LogP contribution is 2.16. The number of aromatic nitrogens is 2. The number of ether oxygens (including phenoxy) is 1. The Labute approximate surface area is 110 Å². The molecule has 3 N–H and O–H groups in total. The third-order valence-electron chi connectivity index (χ3n) is 2.70. The lowest BCUT2D eigenvalue weighted by Crippen LogP contribution is -2.31. The summed E-state index contributed by atoms with van der Waals surface area (Å²) in [4.78, 5) is 18.1. The third kappa shape index (κ3) is 3.48. The molecule has 1 aromatic heterocycles. The summed E-state index contributed by atoms with van der Waals surface area (Å²) in [6, 6.07) is 6.38. The van der Waals surface area contributed by atoms with Crippen LogP contribution in [0, 0.1) is 0 Å². The smallest absolute Gasteiger partial charge is 0.326 e. The molecule has 1 atom stereocenters. The second-order valence-corrected chi connectivity index (χ2v) is 4.03. The largest absolute Gasteiger partial charge is 0.497 e. The van der Waals surface area contributed by atoms with Gasteiger partial charge in [0.2, 0.25) is 0 Å². The number of hydrogen-bond acceptors (Lipinski definition) is 4. The van der Waals surface area contributed by atoms with Gasteiger partial charge in [0.15, 0.2) is 0 Å². The maximum absolute atomic E-state index is 11.2. The number of carboxylic acid groups (broad SMARTS) is 1. The molecule has 2 aromatic rings. The van der Waals surface area contributed by atoms with E-state index in [-0.39, 0.29) is 0 Å². The number of carboxylic acids is 1. The minimum absolute atomic E-state index is 0.310. The van der Waals surface area contributed by atoms with E-state index < -0.39 is 12.0 Å². The van der Waals surface area contributed by atoms with Gasteiger partial charge in [-0.1, -0.05) is 0 Å². The summed E-state index contributed by atoms with van der Waals surface area (Å²) in [6.07, 6.45) is 3.53. The monoisotopic (exact) mass is 261 g/mol. The molecule has 6 heteroatoms. The molecule has 0 aliphatic rings. The summed E-state index contributed by atoms with van der Waals surface area (Å²) in [5.74, 6) is -0.191. The molecular formula is C13H15N3O3. The highest BCUT2D eigenvalue weighted by Gasteiger charge is 2.18. The molecule has 1 aromatic carbocycles. The van der Waals surface area contributed by atoms with E-state index >= 15 is 0 Å². The Morgan fingerprint density at radius 3 is 2.74 bits per heavy atom. The van der Waals surface area contributed by atoms with E-state index in [2.05, 4.69) is 15.3 Å². The first-order valence-electron chi connectivity index (χ1n) is 5.80. The van der Waals surface area contributed by atoms with Gasteiger partial charge in [-0.15, -0.1) is 0 Å². The predicted octanol–water partition coefficient (Wildman–Crippen LogP) is 1.53. The molecule has 100 valence electrons. The van der Waals surface area contributed by atoms with Gasteiger partial charge in [0.1, 0.15) is 11.8 Å². The number of rotatable bonds is 6. The first kappa shape index (κ1) is 12.9. The minimum Gasteiger partial charge on any atom is -0.497 e. The normalized spacial score (nSPS) is 11.8. The highest BCUT2D eigenvalue weighted by atomic mass is 16.5. The fourth-order valence-corrected chi connectivity index (χ4v) is 1.70. The molecule has 0 fully saturated rings. The van der Waals surface area contributed by atoms with Crippen LogP contribution in [0.3, 0.4) is 0 Å². The van der Waals surface area contributed by atoms with E-state index in [9.17, 15) is 9.90 Å². The Morgan fingerprint density at radius 1 is 1.47 bits per heavy atom. The number of benzene rings is 1. The Hall–Kier alpha value is -2.50. The standard InChI is InChI=1S/C13H15N3O3/c1-19-11-4-2-9(3-5-11)16-12(13(17)18)6-10-7-14-8-15-10/h2-5,7-8,12,16H,6H2,1H3,(H,14,15)(H,17,18)/t12-/m0/s1. The van der Waals surface area contributed by atoms with Gasteiger partial charge in [0.25, 0.3) is 0 Å². The Balaban J connectivity index is 2.05. The Kier molecular flexibility index (Phi) is 4.02. The second kappa shape index (κ2) is 5.90. The number of methoxy groups -OCH3 is 1. The van der Waals surface area contributed by atoms with Crippen molar-refractivity contribution < 1.29 is 14.6 Å². The number of nitrogens with one attached hydrogen (secondary N) is 2. The quantitative estimate of drug-likeness (QED) is 0.734. The van der Waals surface area contributed by atoms with Gasteiger partial charge < -0.3 is 20.1 Å². The zero-order valence-corrected chi connectivity index (χ0v) is 10.5. The van der Waals surface area contributed by atoms with Crippen LogP contribution in [0.1, 0.15) is 5.69 Å². The zero-order valence-electron chi connectivity index (χ0n) is 10.5. The molecule has 0 radical (unpaired) electrons. The van der Waals surface area contributed by atoms with E-state index in [4.69, 9.17) is 4.74 Å². The van der Waals surface area contributed by atoms with Crippen LogP contribution in [0.25, 0.3) is 0 Å². The number of H-pyrrole nitrogens is 1. The summed E-state index contributed by atoms with van der Waals surface area (Å²) < 4.78 is 5.05. The molecular weight excluding hydrogens is 246 g/mol. The second-order valence-electron chi connectivity index (χ2n) is 4.03. The lowest BCUT2D eigenvalue weighted by Gasteiger charge is -2.15. The van der Waals surface area contributed by atoms with E-state index in [0.717, 1.165) is 11.4 Å². The fourth-order valence-electron chi connectivity index (χ4n) is 1.70. The SMILES string of the molecule is COc1ccc(N[C@@H](Cc2c[nH]cn2)C(=O)O)cc1. The Bertz CT molecular complexity index is 523. The third-order valence-corrected chi connectivity index (χ3v) is 2.70. The van der Waals surface area contributed by atoms with Gasteiger partial charge in [0, 0.05) is 18.3 Å². The van der Waals surface area contributed by atoms with E-state index in [1.807, 2.05) is 0 Å². The number of nitrogens with zero attached hydrogens (tertiary/aromatic N) is 1. The first-order valence-corrected chi connectivity index (χ1v) is 5.80. The summed E-state index contributed by atoms with van der Waals surface area (Å²) >= 11 is 0. The number of aromatic amines is 1. The summed E-state index contributed by atoms with van der Waals surface area (Å²) in [5.41, 5.74) is 1.43. The maximum atomic E-state index is 11.2. The van der Waals surface area contributed by atoms with Crippen molar-refractivity contribution in [1.82, 2.24) is 9.97 Å². The zero-order chi connectivity index (χ0) is 13.7. The van der Waals surface area contributed by atoms with Crippen LogP contribution in [-0.2, 0) is 11.2 Å². The van der Waals surface area contributed by atoms with Gasteiger partial charge in [-0.05, 0) is 24.3 Å². The van der Waals surface area contributed by atoms with E-state index in [0.29, 0.717) is 12.1 Å². The van der Waals surface area contributed by atoms with Crippen LogP contribution < -0.4 is 10.1 Å². The molecule has 0 saturated carbocycles. The van der Waals surface area contributed by atoms with E-state index in [1.165, 1.54) is 6.33 Å². The molecule has 0 spiro atoms. The van der Waals surface area contributed by atoms with Gasteiger partial charge in [0.05, 0.1) is 19.1 Å². The van der Waals surface area contributed by atoms with Crippen molar-refractivity contribution >= 4 is 11.7 Å². The molecule has 0 amide bonds. The van der Waals surface area contributed by atoms with Crippen molar-refractivity contribution in [3.8, 4) is 5.75 Å². The Morgan fingerprint density at radius 2 is 2.21 bits per heavy atom. The van der Waals surface area contributed by atoms with Crippen LogP contribution in [0.4, 0.5) is 5.69 Å². The minimum atomic E-state index is -0.918. The van der Waals surface area contributed by atoms with Crippen LogP contribution in [0.2, 0.25) is 0 Å². The van der Waals surface area contributed by atoms with Gasteiger partial charge in [-0.25, -0.2) is 9.78 Å². The van der Waals surface area contributed by atoms with Crippen molar-refractivity contribution in [2.75, 3.05) is 12.4 Å². The van der Waals surface area contributed by atoms with Gasteiger partial charge in [-0.2, -0.15) is 0 Å². The number of aliphatic carboxylic acids is 1. The maximum Gasteiger partial charge on any atom is 0.326 e. The lowest BCUT2D eigenvalue weighted by atomic mass is 10.1. The van der Waals surface area contributed by atoms with Gasteiger partial charge >= 0.3 is 5.97 Å². The number of imidazole rings is 1. The molecule has 19 heavy (non-hydrogen) atoms. The van der Waals surface area contributed by atoms with Crippen molar-refractivity contribution in [3.63, 3.8) is 0 Å². The van der Waals surface area contributed by atoms with Crippen molar-refractivity contribution in [1.29, 1.82) is 0 Å². The molecule has 0 aliphatic heterocycles. The number of carbonyl (C=O) groups is 1. The predicted molar refractivity (Wildman–Crippen MR) is 70.3 cm³/mol. The fraction of sp³-hybridized carbons (Fsp3) is 0.231. The van der Waals surface area contributed by atoms with Crippen molar-refractivity contribution in [2.45, 2.75) is 12.5 Å². The molecule has 0 bridgehead atoms. The van der Waals surface area contributed by atoms with Gasteiger partial charge in [-0.3, -0.25) is 0 Å². The molecule has 1 heterocycles. The van der Waals surface area contributed by atoms with Crippen LogP contribution in [-0.4, -0.2) is 34.2 Å². The van der Waals surface area contributed by atoms with Crippen molar-refractivity contribution in [3.05, 3.63) is 42.5 Å². The number of hydrogen-bond donors (Lipinski definition) is 3. The summed E-state index contributed by atoms with van der Waals surface area (Å²) in [7, 11) is 1.58. The molecule has 0 aliphatic carbocycles. The van der Waals surface area contributed by atoms with E-state index in [1.54, 1.807) is 37.6 Å². The molecule has 6 nitrogen and oxygen atoms in total. The van der Waals surface area contributed by atoms with Crippen molar-refractivity contribution in [2.24, 2.45) is 0 Å². The molecule has 0 unspecified atom stereocenters. The highest BCUT2D eigenvalue weighted by molar-refractivity contribution is 5.77. The van der Waals surface area contributed by atoms with Crippen LogP contribution >= 0.6 is 0 Å². The topological polar surface area (TPSA) is 87.2 Å². The average Bonchev–Trinajstić information content (AvgIpc) is 2.91. The van der Waals surface area contributed by atoms with Crippen LogP contribution in [0.5, 0.6) is 5.75 Å².